The highest BCUT2D eigenvalue weighted by Crippen LogP contribution is 2.21. The average Bonchev–Trinajstić information content (AvgIpc) is 2.66. The predicted octanol–water partition coefficient (Wildman–Crippen LogP) is 0.329. The maximum absolute atomic E-state index is 11.4. The molecule has 0 fully saturated rings. The van der Waals surface area contributed by atoms with Gasteiger partial charge in [-0.1, -0.05) is 0 Å². The van der Waals surface area contributed by atoms with Gasteiger partial charge in [0.05, 0.1) is 13.5 Å². The van der Waals surface area contributed by atoms with E-state index in [0.29, 0.717) is 5.69 Å². The Balaban J connectivity index is 2.98. The Morgan fingerprint density at radius 3 is 2.71 bits per heavy atom. The number of carbonyl (C=O) groups is 2. The van der Waals surface area contributed by atoms with Crippen LogP contribution >= 0.6 is 0 Å². The van der Waals surface area contributed by atoms with Crippen LogP contribution in [-0.2, 0) is 16.6 Å². The van der Waals surface area contributed by atoms with Gasteiger partial charge in [0, 0.05) is 19.2 Å². The number of hydrogen-bond donors (Lipinski definition) is 2. The van der Waals surface area contributed by atoms with Crippen LogP contribution in [-0.4, -0.2) is 35.3 Å². The molecular formula is C11H16N2O4. The number of aliphatic carboxylic acids is 1. The summed E-state index contributed by atoms with van der Waals surface area (Å²) in [6.07, 6.45) is 1.65. The number of ether oxygens (including phenoxy) is 1. The van der Waals surface area contributed by atoms with Crippen molar-refractivity contribution in [2.45, 2.75) is 12.3 Å². The van der Waals surface area contributed by atoms with Crippen LogP contribution in [0.3, 0.4) is 0 Å². The number of carboxylic acids is 1. The van der Waals surface area contributed by atoms with Gasteiger partial charge < -0.3 is 20.1 Å². The molecule has 1 heterocycles. The summed E-state index contributed by atoms with van der Waals surface area (Å²) in [5.41, 5.74) is 6.65. The van der Waals surface area contributed by atoms with Crippen LogP contribution < -0.4 is 5.73 Å². The van der Waals surface area contributed by atoms with E-state index in [9.17, 15) is 9.59 Å². The van der Waals surface area contributed by atoms with E-state index in [2.05, 4.69) is 4.74 Å². The second-order valence-corrected chi connectivity index (χ2v) is 3.79. The second kappa shape index (κ2) is 5.49. The third-order valence-electron chi connectivity index (χ3n) is 2.60. The van der Waals surface area contributed by atoms with E-state index in [-0.39, 0.29) is 18.9 Å². The maximum atomic E-state index is 11.4. The first kappa shape index (κ1) is 13.2. The van der Waals surface area contributed by atoms with Gasteiger partial charge in [-0.3, -0.25) is 4.79 Å². The molecule has 0 aliphatic carbocycles. The summed E-state index contributed by atoms with van der Waals surface area (Å²) < 4.78 is 6.22. The maximum Gasteiger partial charge on any atom is 0.354 e. The molecule has 0 saturated carbocycles. The first-order valence-electron chi connectivity index (χ1n) is 5.16. The molecule has 1 unspecified atom stereocenters. The minimum absolute atomic E-state index is 0.0544. The monoisotopic (exact) mass is 240 g/mol. The normalized spacial score (nSPS) is 12.2. The number of hydrogen-bond acceptors (Lipinski definition) is 4. The minimum atomic E-state index is -0.913. The van der Waals surface area contributed by atoms with Crippen molar-refractivity contribution >= 4 is 11.9 Å². The average molecular weight is 240 g/mol. The van der Waals surface area contributed by atoms with Crippen molar-refractivity contribution < 1.29 is 19.4 Å². The van der Waals surface area contributed by atoms with Crippen molar-refractivity contribution in [3.8, 4) is 0 Å². The minimum Gasteiger partial charge on any atom is -0.481 e. The van der Waals surface area contributed by atoms with E-state index in [0.717, 1.165) is 5.56 Å². The number of nitrogens with two attached hydrogens (primary N) is 1. The molecule has 1 aromatic rings. The summed E-state index contributed by atoms with van der Waals surface area (Å²) >= 11 is 0. The molecule has 0 radical (unpaired) electrons. The standard InChI is InChI=1S/C11H16N2O4/c1-13-6-8(3-9(13)11(16)17-2)7(5-12)4-10(14)15/h3,6-7H,4-5,12H2,1-2H3,(H,14,15). The highest BCUT2D eigenvalue weighted by molar-refractivity contribution is 5.88. The van der Waals surface area contributed by atoms with Gasteiger partial charge in [0.15, 0.2) is 0 Å². The molecule has 1 rings (SSSR count). The second-order valence-electron chi connectivity index (χ2n) is 3.79. The molecule has 6 heteroatoms. The number of aromatic nitrogens is 1. The molecule has 17 heavy (non-hydrogen) atoms. The third kappa shape index (κ3) is 3.07. The van der Waals surface area contributed by atoms with Gasteiger partial charge in [0.1, 0.15) is 5.69 Å². The molecule has 3 N–H and O–H groups in total. The quantitative estimate of drug-likeness (QED) is 0.723. The van der Waals surface area contributed by atoms with Gasteiger partial charge in [-0.2, -0.15) is 0 Å². The van der Waals surface area contributed by atoms with Gasteiger partial charge in [-0.15, -0.1) is 0 Å². The molecule has 0 bridgehead atoms. The molecule has 0 spiro atoms. The molecule has 94 valence electrons. The molecule has 6 nitrogen and oxygen atoms in total. The lowest BCUT2D eigenvalue weighted by atomic mass is 9.98. The van der Waals surface area contributed by atoms with Crippen LogP contribution in [0.25, 0.3) is 0 Å². The Bertz CT molecular complexity index is 425. The van der Waals surface area contributed by atoms with Crippen LogP contribution in [0.15, 0.2) is 12.3 Å². The number of methoxy groups -OCH3 is 1. The fourth-order valence-electron chi connectivity index (χ4n) is 1.67. The van der Waals surface area contributed by atoms with Crippen molar-refractivity contribution in [2.75, 3.05) is 13.7 Å². The fourth-order valence-corrected chi connectivity index (χ4v) is 1.67. The van der Waals surface area contributed by atoms with Gasteiger partial charge in [0.25, 0.3) is 0 Å². The van der Waals surface area contributed by atoms with E-state index in [1.54, 1.807) is 23.9 Å². The predicted molar refractivity (Wildman–Crippen MR) is 60.8 cm³/mol. The van der Waals surface area contributed by atoms with Crippen LogP contribution in [0.2, 0.25) is 0 Å². The Morgan fingerprint density at radius 1 is 1.59 bits per heavy atom. The van der Waals surface area contributed by atoms with Gasteiger partial charge in [-0.05, 0) is 18.2 Å². The SMILES string of the molecule is COC(=O)c1cc(C(CN)CC(=O)O)cn1C. The van der Waals surface area contributed by atoms with Crippen molar-refractivity contribution in [2.24, 2.45) is 12.8 Å². The number of aryl methyl sites for hydroxylation is 1. The number of carboxylic acid groups (broad SMARTS) is 1. The molecule has 0 saturated heterocycles. The number of esters is 1. The van der Waals surface area contributed by atoms with Crippen LogP contribution in [0.5, 0.6) is 0 Å². The van der Waals surface area contributed by atoms with Crippen LogP contribution in [0, 0.1) is 0 Å². The van der Waals surface area contributed by atoms with Gasteiger partial charge in [-0.25, -0.2) is 4.79 Å². The lowest BCUT2D eigenvalue weighted by Gasteiger charge is -2.09. The van der Waals surface area contributed by atoms with E-state index in [4.69, 9.17) is 10.8 Å². The Labute approximate surface area is 99.0 Å². The lowest BCUT2D eigenvalue weighted by molar-refractivity contribution is -0.137. The lowest BCUT2D eigenvalue weighted by Crippen LogP contribution is -2.15. The number of carbonyl (C=O) groups excluding carboxylic acids is 1. The molecule has 0 amide bonds. The highest BCUT2D eigenvalue weighted by atomic mass is 16.5. The third-order valence-corrected chi connectivity index (χ3v) is 2.60. The molecule has 1 atom stereocenters. The van der Waals surface area contributed by atoms with E-state index < -0.39 is 11.9 Å². The Kier molecular flexibility index (Phi) is 4.28. The zero-order valence-electron chi connectivity index (χ0n) is 9.84. The van der Waals surface area contributed by atoms with E-state index >= 15 is 0 Å². The first-order valence-corrected chi connectivity index (χ1v) is 5.16. The largest absolute Gasteiger partial charge is 0.481 e. The molecule has 0 aliphatic rings. The van der Waals surface area contributed by atoms with Crippen LogP contribution in [0.4, 0.5) is 0 Å². The summed E-state index contributed by atoms with van der Waals surface area (Å²) in [4.78, 5) is 22.1. The number of rotatable bonds is 5. The summed E-state index contributed by atoms with van der Waals surface area (Å²) in [6.45, 7) is 0.219. The van der Waals surface area contributed by atoms with Crippen molar-refractivity contribution in [1.82, 2.24) is 4.57 Å². The Morgan fingerprint density at radius 2 is 2.24 bits per heavy atom. The molecular weight excluding hydrogens is 224 g/mol. The first-order chi connectivity index (χ1) is 7.99. The molecule has 0 aromatic carbocycles. The van der Waals surface area contributed by atoms with Crippen molar-refractivity contribution in [1.29, 1.82) is 0 Å². The fraction of sp³-hybridized carbons (Fsp3) is 0.455. The summed E-state index contributed by atoms with van der Waals surface area (Å²) in [6, 6.07) is 1.62. The van der Waals surface area contributed by atoms with Crippen LogP contribution in [0.1, 0.15) is 28.4 Å². The number of nitrogens with zero attached hydrogens (tertiary/aromatic N) is 1. The summed E-state index contributed by atoms with van der Waals surface area (Å²) in [5.74, 6) is -1.66. The van der Waals surface area contributed by atoms with Gasteiger partial charge in [0.2, 0.25) is 0 Å². The van der Waals surface area contributed by atoms with E-state index in [1.165, 1.54) is 7.11 Å². The topological polar surface area (TPSA) is 94.6 Å². The van der Waals surface area contributed by atoms with Crippen molar-refractivity contribution in [3.05, 3.63) is 23.5 Å². The van der Waals surface area contributed by atoms with Gasteiger partial charge >= 0.3 is 11.9 Å². The van der Waals surface area contributed by atoms with Crippen molar-refractivity contribution in [3.63, 3.8) is 0 Å². The van der Waals surface area contributed by atoms with E-state index in [1.807, 2.05) is 0 Å². The molecule has 0 aliphatic heterocycles. The summed E-state index contributed by atoms with van der Waals surface area (Å²) in [7, 11) is 3.00. The smallest absolute Gasteiger partial charge is 0.354 e. The Hall–Kier alpha value is -1.82. The summed E-state index contributed by atoms with van der Waals surface area (Å²) in [5, 5.41) is 8.75. The highest BCUT2D eigenvalue weighted by Gasteiger charge is 2.19. The molecule has 1 aromatic heterocycles. The zero-order valence-corrected chi connectivity index (χ0v) is 9.84. The zero-order chi connectivity index (χ0) is 13.0.